The van der Waals surface area contributed by atoms with Crippen LogP contribution in [0.3, 0.4) is 0 Å². The second kappa shape index (κ2) is 11.5. The number of thioether (sulfide) groups is 2. The van der Waals surface area contributed by atoms with E-state index in [9.17, 15) is 4.79 Å². The van der Waals surface area contributed by atoms with Crippen molar-refractivity contribution in [2.75, 3.05) is 24.0 Å². The second-order valence-electron chi connectivity index (χ2n) is 7.30. The van der Waals surface area contributed by atoms with Gasteiger partial charge in [-0.2, -0.15) is 0 Å². The average Bonchev–Trinajstić information content (AvgIpc) is 3.29. The van der Waals surface area contributed by atoms with E-state index < -0.39 is 0 Å². The minimum Gasteiger partial charge on any atom is -0.497 e. The van der Waals surface area contributed by atoms with Gasteiger partial charge in [-0.25, -0.2) is 4.98 Å². The molecule has 0 saturated carbocycles. The first-order valence-corrected chi connectivity index (χ1v) is 13.6. The summed E-state index contributed by atoms with van der Waals surface area (Å²) < 4.78 is 6.30. The number of rotatable bonds is 10. The van der Waals surface area contributed by atoms with Gasteiger partial charge in [0.1, 0.15) is 5.75 Å². The van der Waals surface area contributed by atoms with Gasteiger partial charge in [0.2, 0.25) is 5.91 Å². The van der Waals surface area contributed by atoms with E-state index in [2.05, 4.69) is 23.4 Å². The average molecular weight is 496 g/mol. The number of thiazole rings is 1. The first kappa shape index (κ1) is 23.6. The summed E-state index contributed by atoms with van der Waals surface area (Å²) in [5.74, 6) is 1.80. The van der Waals surface area contributed by atoms with E-state index in [0.717, 1.165) is 38.8 Å². The molecule has 1 amide bonds. The fraction of sp³-hybridized carbons (Fsp3) is 0.240. The zero-order valence-corrected chi connectivity index (χ0v) is 21.0. The van der Waals surface area contributed by atoms with Gasteiger partial charge in [-0.15, -0.1) is 23.5 Å². The van der Waals surface area contributed by atoms with Crippen LogP contribution in [0.15, 0.2) is 76.8 Å². The Hall–Kier alpha value is -2.55. The summed E-state index contributed by atoms with van der Waals surface area (Å²) in [4.78, 5) is 26.4. The number of amides is 1. The summed E-state index contributed by atoms with van der Waals surface area (Å²) in [6, 6.07) is 18.1. The lowest BCUT2D eigenvalue weighted by atomic mass is 10.2. The van der Waals surface area contributed by atoms with Gasteiger partial charge >= 0.3 is 0 Å². The molecule has 0 bridgehead atoms. The van der Waals surface area contributed by atoms with Crippen LogP contribution >= 0.6 is 34.9 Å². The van der Waals surface area contributed by atoms with Gasteiger partial charge in [0.05, 0.1) is 23.9 Å². The van der Waals surface area contributed by atoms with Crippen molar-refractivity contribution in [1.82, 2.24) is 9.97 Å². The van der Waals surface area contributed by atoms with Gasteiger partial charge < -0.3 is 4.74 Å². The molecule has 33 heavy (non-hydrogen) atoms. The van der Waals surface area contributed by atoms with E-state index in [1.54, 1.807) is 59.3 Å². The molecule has 0 fully saturated rings. The van der Waals surface area contributed by atoms with Crippen LogP contribution in [0.1, 0.15) is 18.4 Å². The van der Waals surface area contributed by atoms with Gasteiger partial charge in [0.25, 0.3) is 0 Å². The van der Waals surface area contributed by atoms with Crippen molar-refractivity contribution < 1.29 is 9.53 Å². The van der Waals surface area contributed by atoms with Gasteiger partial charge in [-0.05, 0) is 72.5 Å². The highest BCUT2D eigenvalue weighted by Gasteiger charge is 2.20. The maximum Gasteiger partial charge on any atom is 0.229 e. The van der Waals surface area contributed by atoms with Crippen molar-refractivity contribution >= 4 is 56.1 Å². The molecule has 8 heteroatoms. The number of carbonyl (C=O) groups is 1. The normalized spacial score (nSPS) is 11.0. The van der Waals surface area contributed by atoms with Crippen molar-refractivity contribution in [3.8, 4) is 5.75 Å². The molecule has 2 aromatic carbocycles. The van der Waals surface area contributed by atoms with Crippen LogP contribution in [-0.4, -0.2) is 35.0 Å². The summed E-state index contributed by atoms with van der Waals surface area (Å²) in [7, 11) is 1.66. The maximum absolute atomic E-state index is 13.3. The number of fused-ring (bicyclic) bond motifs is 1. The molecule has 170 valence electrons. The lowest BCUT2D eigenvalue weighted by Gasteiger charge is -2.20. The Balaban J connectivity index is 1.45. The lowest BCUT2D eigenvalue weighted by Crippen LogP contribution is -2.30. The molecule has 4 rings (SSSR count). The number of hydrogen-bond donors (Lipinski definition) is 0. The van der Waals surface area contributed by atoms with Gasteiger partial charge in [0.15, 0.2) is 5.13 Å². The maximum atomic E-state index is 13.3. The minimum absolute atomic E-state index is 0.0818. The zero-order valence-electron chi connectivity index (χ0n) is 18.6. The van der Waals surface area contributed by atoms with Crippen LogP contribution in [-0.2, 0) is 11.3 Å². The summed E-state index contributed by atoms with van der Waals surface area (Å²) >= 11 is 5.02. The topological polar surface area (TPSA) is 55.3 Å². The minimum atomic E-state index is 0.0818. The highest BCUT2D eigenvalue weighted by molar-refractivity contribution is 7.99. The molecule has 2 aromatic heterocycles. The third-order valence-corrected chi connectivity index (χ3v) is 7.91. The fourth-order valence-corrected chi connectivity index (χ4v) is 5.68. The summed E-state index contributed by atoms with van der Waals surface area (Å²) in [5.41, 5.74) is 1.91. The van der Waals surface area contributed by atoms with E-state index in [1.165, 1.54) is 9.79 Å². The Morgan fingerprint density at radius 2 is 1.94 bits per heavy atom. The number of hydrogen-bond acceptors (Lipinski definition) is 7. The van der Waals surface area contributed by atoms with E-state index >= 15 is 0 Å². The van der Waals surface area contributed by atoms with E-state index in [4.69, 9.17) is 9.72 Å². The van der Waals surface area contributed by atoms with Crippen LogP contribution < -0.4 is 9.64 Å². The number of carbonyl (C=O) groups excluding carboxylic acids is 1. The molecule has 4 aromatic rings. The quantitative estimate of drug-likeness (QED) is 0.184. The van der Waals surface area contributed by atoms with Crippen molar-refractivity contribution in [1.29, 1.82) is 0 Å². The number of aromatic nitrogens is 2. The van der Waals surface area contributed by atoms with E-state index in [1.807, 2.05) is 42.5 Å². The predicted molar refractivity (Wildman–Crippen MR) is 140 cm³/mol. The molecule has 0 aliphatic carbocycles. The van der Waals surface area contributed by atoms with Crippen LogP contribution in [0.4, 0.5) is 5.13 Å². The molecule has 0 aliphatic rings. The van der Waals surface area contributed by atoms with Gasteiger partial charge in [0, 0.05) is 28.6 Å². The molecule has 0 N–H and O–H groups in total. The van der Waals surface area contributed by atoms with Crippen LogP contribution in [0, 0.1) is 0 Å². The number of ether oxygens (including phenoxy) is 1. The Morgan fingerprint density at radius 3 is 2.67 bits per heavy atom. The molecule has 0 spiro atoms. The van der Waals surface area contributed by atoms with Crippen LogP contribution in [0.25, 0.3) is 10.2 Å². The van der Waals surface area contributed by atoms with Crippen molar-refractivity contribution in [2.24, 2.45) is 0 Å². The standard InChI is InChI=1S/C25H25N3O2S3/c1-30-19-7-9-20(10-8-19)32-14-4-6-24(29)28(17-18-5-3-13-26-16-18)25-27-22-12-11-21(31-2)15-23(22)33-25/h3,5,7-13,15-16H,4,6,14,17H2,1-2H3. The monoisotopic (exact) mass is 495 g/mol. The Morgan fingerprint density at radius 1 is 1.12 bits per heavy atom. The highest BCUT2D eigenvalue weighted by Crippen LogP contribution is 2.33. The van der Waals surface area contributed by atoms with E-state index in [0.29, 0.717) is 13.0 Å². The Kier molecular flexibility index (Phi) is 8.25. The molecule has 0 atom stereocenters. The Bertz CT molecular complexity index is 1200. The number of benzene rings is 2. The number of pyridine rings is 1. The summed E-state index contributed by atoms with van der Waals surface area (Å²) in [6.07, 6.45) is 6.87. The lowest BCUT2D eigenvalue weighted by molar-refractivity contribution is -0.118. The number of methoxy groups -OCH3 is 1. The van der Waals surface area contributed by atoms with Crippen molar-refractivity contribution in [2.45, 2.75) is 29.2 Å². The van der Waals surface area contributed by atoms with Crippen molar-refractivity contribution in [3.05, 3.63) is 72.6 Å². The Labute approximate surface area is 206 Å². The molecule has 0 aliphatic heterocycles. The largest absolute Gasteiger partial charge is 0.497 e. The third-order valence-electron chi connectivity index (χ3n) is 5.04. The summed E-state index contributed by atoms with van der Waals surface area (Å²) in [6.45, 7) is 0.466. The molecule has 2 heterocycles. The third kappa shape index (κ3) is 6.28. The highest BCUT2D eigenvalue weighted by atomic mass is 32.2. The van der Waals surface area contributed by atoms with Crippen LogP contribution in [0.5, 0.6) is 5.75 Å². The van der Waals surface area contributed by atoms with Crippen LogP contribution in [0.2, 0.25) is 0 Å². The number of anilines is 1. The molecule has 0 saturated heterocycles. The number of nitrogens with zero attached hydrogens (tertiary/aromatic N) is 3. The first-order chi connectivity index (χ1) is 16.2. The van der Waals surface area contributed by atoms with Gasteiger partial charge in [-0.3, -0.25) is 14.7 Å². The molecular weight excluding hydrogens is 470 g/mol. The predicted octanol–water partition coefficient (Wildman–Crippen LogP) is 6.53. The first-order valence-electron chi connectivity index (χ1n) is 10.6. The molecule has 0 radical (unpaired) electrons. The zero-order chi connectivity index (χ0) is 23.0. The fourth-order valence-electron chi connectivity index (χ4n) is 3.29. The van der Waals surface area contributed by atoms with Gasteiger partial charge in [-0.1, -0.05) is 17.4 Å². The molecule has 5 nitrogen and oxygen atoms in total. The smallest absolute Gasteiger partial charge is 0.229 e. The van der Waals surface area contributed by atoms with E-state index in [-0.39, 0.29) is 5.91 Å². The van der Waals surface area contributed by atoms with Crippen molar-refractivity contribution in [3.63, 3.8) is 0 Å². The SMILES string of the molecule is COc1ccc(SCCCC(=O)N(Cc2cccnc2)c2nc3ccc(SC)cc3s2)cc1. The molecular formula is C25H25N3O2S3. The second-order valence-corrected chi connectivity index (χ2v) is 10.4. The molecule has 0 unspecified atom stereocenters. The summed E-state index contributed by atoms with van der Waals surface area (Å²) in [5, 5.41) is 0.736.